The summed E-state index contributed by atoms with van der Waals surface area (Å²) in [6, 6.07) is 83.3. The predicted octanol–water partition coefficient (Wildman–Crippen LogP) is 13.1. The van der Waals surface area contributed by atoms with Crippen molar-refractivity contribution < 1.29 is 19.2 Å². The topological polar surface area (TPSA) is 86.2 Å². The lowest BCUT2D eigenvalue weighted by Crippen LogP contribution is -2.33. The van der Waals surface area contributed by atoms with Crippen molar-refractivity contribution >= 4 is 77.4 Å². The zero-order chi connectivity index (χ0) is 58.1. The Labute approximate surface area is 483 Å². The Morgan fingerprint density at radius 1 is 0.237 bits per heavy atom. The summed E-state index contributed by atoms with van der Waals surface area (Å²) in [4.78, 5) is 25.6. The molecule has 0 unspecified atom stereocenters. The van der Waals surface area contributed by atoms with E-state index in [0.717, 1.165) is 0 Å². The molecule has 0 amide bonds. The van der Waals surface area contributed by atoms with Crippen LogP contribution in [0.5, 0.6) is 0 Å². The van der Waals surface area contributed by atoms with Crippen LogP contribution in [0.2, 0.25) is 0 Å². The molecule has 0 heterocycles. The first-order valence-corrected chi connectivity index (χ1v) is 35.6. The summed E-state index contributed by atoms with van der Waals surface area (Å²) < 4.78 is 8.55. The largest absolute Gasteiger partial charge is 0.822 e. The minimum absolute atomic E-state index is 1.18. The van der Waals surface area contributed by atoms with E-state index in [1.54, 1.807) is 0 Å². The second-order valence-corrected chi connectivity index (χ2v) is 33.3. The van der Waals surface area contributed by atoms with Gasteiger partial charge in [0.25, 0.3) is 0 Å². The van der Waals surface area contributed by atoms with Crippen LogP contribution >= 0.6 is 29.6 Å². The van der Waals surface area contributed by atoms with Crippen LogP contribution in [0, 0.1) is 62.3 Å². The van der Waals surface area contributed by atoms with Crippen LogP contribution in [0.1, 0.15) is 90.1 Å². The van der Waals surface area contributed by atoms with Crippen molar-refractivity contribution in [3.05, 3.63) is 268 Å². The average molecular weight is 1140 g/mol. The Bertz CT molecular complexity index is 2640. The molecule has 416 valence electrons. The van der Waals surface area contributed by atoms with Crippen LogP contribution in [0.25, 0.3) is 0 Å². The maximum absolute atomic E-state index is 8.55. The van der Waals surface area contributed by atoms with E-state index in [2.05, 4.69) is 301 Å². The molecular weight excluding hydrogens is 1050 g/mol. The first-order valence-electron chi connectivity index (χ1n) is 28.2. The first-order chi connectivity index (χ1) is 38.2. The number of phosphoric acid groups is 1. The molecule has 9 aromatic carbocycles. The van der Waals surface area contributed by atoms with Gasteiger partial charge in [-0.25, -0.2) is 0 Å². The number of benzene rings is 9. The van der Waals surface area contributed by atoms with Gasteiger partial charge in [0.05, 0.1) is 18.5 Å². The quantitative estimate of drug-likeness (QED) is 0.0957. The number of hydrogen-bond acceptors (Lipinski definition) is 4. The summed E-state index contributed by atoms with van der Waals surface area (Å²) in [7, 11) is -10.2. The predicted molar refractivity (Wildman–Crippen MR) is 351 cm³/mol. The van der Waals surface area contributed by atoms with Crippen LogP contribution in [-0.2, 0) is 4.57 Å². The van der Waals surface area contributed by atoms with Crippen molar-refractivity contribution in [1.82, 2.24) is 0 Å². The molecule has 0 saturated carbocycles. The molecule has 9 rings (SSSR count). The molecular formula is C72H84O4P4. The van der Waals surface area contributed by atoms with E-state index < -0.39 is 29.6 Å². The van der Waals surface area contributed by atoms with Crippen molar-refractivity contribution in [3.8, 4) is 0 Å². The average Bonchev–Trinajstić information content (AvgIpc) is 3.64. The minimum atomic E-state index is -5.39. The van der Waals surface area contributed by atoms with Gasteiger partial charge in [0.1, 0.15) is 69.5 Å². The van der Waals surface area contributed by atoms with Gasteiger partial charge in [0.2, 0.25) is 0 Å². The highest BCUT2D eigenvalue weighted by Crippen LogP contribution is 2.58. The molecule has 80 heavy (non-hydrogen) atoms. The van der Waals surface area contributed by atoms with Crippen LogP contribution in [0.3, 0.4) is 0 Å². The molecule has 0 aliphatic carbocycles. The van der Waals surface area contributed by atoms with Crippen molar-refractivity contribution in [2.24, 2.45) is 0 Å². The molecule has 0 aliphatic rings. The second-order valence-electron chi connectivity index (χ2n) is 21.6. The fourth-order valence-corrected chi connectivity index (χ4v) is 23.6. The molecule has 0 aromatic heterocycles. The summed E-state index contributed by atoms with van der Waals surface area (Å²) in [5, 5.41) is 13.4. The molecule has 0 bridgehead atoms. The second kappa shape index (κ2) is 29.4. The molecule has 0 fully saturated rings. The third-order valence-corrected chi connectivity index (χ3v) is 28.9. The zero-order valence-corrected chi connectivity index (χ0v) is 53.0. The molecule has 0 N–H and O–H groups in total. The third kappa shape index (κ3) is 16.3. The molecule has 0 aliphatic heterocycles. The summed E-state index contributed by atoms with van der Waals surface area (Å²) in [5.74, 6) is 0. The maximum Gasteiger partial charge on any atom is 0.112 e. The molecule has 8 heteroatoms. The molecule has 0 saturated heterocycles. The Morgan fingerprint density at radius 3 is 0.400 bits per heavy atom. The third-order valence-electron chi connectivity index (χ3n) is 14.9. The maximum atomic E-state index is 8.55. The number of aryl methyl sites for hydroxylation is 9. The number of hydrogen-bond donors (Lipinski definition) is 0. The van der Waals surface area contributed by atoms with Gasteiger partial charge in [-0.05, 0) is 191 Å². The van der Waals surface area contributed by atoms with Gasteiger partial charge < -0.3 is 19.2 Å². The van der Waals surface area contributed by atoms with Gasteiger partial charge in [-0.15, -0.1) is 0 Å². The van der Waals surface area contributed by atoms with Crippen molar-refractivity contribution in [2.45, 2.75) is 102 Å². The molecule has 4 nitrogen and oxygen atoms in total. The van der Waals surface area contributed by atoms with Crippen LogP contribution in [0.4, 0.5) is 0 Å². The van der Waals surface area contributed by atoms with Gasteiger partial charge in [0.15, 0.2) is 0 Å². The first kappa shape index (κ1) is 63.6. The molecule has 0 atom stereocenters. The van der Waals surface area contributed by atoms with E-state index in [9.17, 15) is 0 Å². The van der Waals surface area contributed by atoms with Gasteiger partial charge in [0, 0.05) is 0 Å². The van der Waals surface area contributed by atoms with Gasteiger partial charge in [-0.2, -0.15) is 7.82 Å². The lowest BCUT2D eigenvalue weighted by molar-refractivity contribution is -0.432. The fraction of sp³-hybridized carbons (Fsp3) is 0.250. The van der Waals surface area contributed by atoms with E-state index in [-0.39, 0.29) is 0 Å². The van der Waals surface area contributed by atoms with Gasteiger partial charge in [-0.1, -0.05) is 180 Å². The monoisotopic (exact) mass is 1140 g/mol. The molecule has 9 aromatic rings. The van der Waals surface area contributed by atoms with Gasteiger partial charge in [-0.3, -0.25) is 0 Å². The summed E-state index contributed by atoms with van der Waals surface area (Å²) in [6.45, 7) is 26.4. The van der Waals surface area contributed by atoms with Crippen molar-refractivity contribution in [3.63, 3.8) is 0 Å². The van der Waals surface area contributed by atoms with Crippen molar-refractivity contribution in [2.75, 3.05) is 18.5 Å². The fourth-order valence-electron chi connectivity index (χ4n) is 10.7. The van der Waals surface area contributed by atoms with E-state index in [0.29, 0.717) is 0 Å². The minimum Gasteiger partial charge on any atom is -0.822 e. The Balaban J connectivity index is 0.000000185. The van der Waals surface area contributed by atoms with Gasteiger partial charge >= 0.3 is 0 Å². The normalized spacial score (nSPS) is 11.5. The smallest absolute Gasteiger partial charge is 0.112 e. The molecule has 0 radical (unpaired) electrons. The Morgan fingerprint density at radius 2 is 0.325 bits per heavy atom. The highest BCUT2D eigenvalue weighted by Gasteiger charge is 2.47. The lowest BCUT2D eigenvalue weighted by Gasteiger charge is -2.36. The van der Waals surface area contributed by atoms with E-state index in [1.165, 1.54) is 136 Å². The Kier molecular flexibility index (Phi) is 23.3. The van der Waals surface area contributed by atoms with E-state index in [1.807, 2.05) is 0 Å². The van der Waals surface area contributed by atoms with Crippen LogP contribution in [-0.4, -0.2) is 18.5 Å². The van der Waals surface area contributed by atoms with Crippen molar-refractivity contribution in [1.29, 1.82) is 0 Å². The van der Waals surface area contributed by atoms with E-state index in [4.69, 9.17) is 19.2 Å². The standard InChI is InChI=1S/3C24H28P.H3O4P/c3*1-5-18-25(22-12-6-19(2)7-13-22,23-14-8-20(3)9-15-23)24-16-10-21(4)11-17-24;1-5(2,3)4/h3*6-17H,5,18H2,1-4H3;(H3,1,2,3,4)/q3*+1;/p-3. The lowest BCUT2D eigenvalue weighted by atomic mass is 10.2. The van der Waals surface area contributed by atoms with Crippen LogP contribution < -0.4 is 62.4 Å². The van der Waals surface area contributed by atoms with Crippen LogP contribution in [0.15, 0.2) is 218 Å². The zero-order valence-electron chi connectivity index (χ0n) is 49.4. The van der Waals surface area contributed by atoms with E-state index >= 15 is 0 Å². The highest BCUT2D eigenvalue weighted by atomic mass is 31.2. The highest BCUT2D eigenvalue weighted by molar-refractivity contribution is 7.96. The summed E-state index contributed by atoms with van der Waals surface area (Å²) in [6.07, 6.45) is 7.18. The SMILES string of the molecule is CCC[P+](c1ccc(C)cc1)(c1ccc(C)cc1)c1ccc(C)cc1.CCC[P+](c1ccc(C)cc1)(c1ccc(C)cc1)c1ccc(C)cc1.CCC[P+](c1ccc(C)cc1)(c1ccc(C)cc1)c1ccc(C)cc1.O=P([O-])([O-])[O-]. The number of rotatable bonds is 15. The Hall–Kier alpha value is -5.62. The summed E-state index contributed by atoms with van der Waals surface area (Å²) >= 11 is 0. The molecule has 0 spiro atoms. The summed E-state index contributed by atoms with van der Waals surface area (Å²) in [5.41, 5.74) is 11.9.